The van der Waals surface area contributed by atoms with E-state index in [0.717, 1.165) is 43.6 Å². The van der Waals surface area contributed by atoms with Gasteiger partial charge in [-0.1, -0.05) is 24.9 Å². The first kappa shape index (κ1) is 16.1. The average molecular weight is 310 g/mol. The summed E-state index contributed by atoms with van der Waals surface area (Å²) in [6.07, 6.45) is 3.80. The Morgan fingerprint density at radius 3 is 2.76 bits per heavy atom. The highest BCUT2D eigenvalue weighted by Crippen LogP contribution is 2.30. The second-order valence-electron chi connectivity index (χ2n) is 5.88. The second kappa shape index (κ2) is 6.67. The summed E-state index contributed by atoms with van der Waals surface area (Å²) in [4.78, 5) is 14.6. The molecule has 5 heteroatoms. The molecule has 2 N–H and O–H groups in total. The molecule has 1 aliphatic rings. The van der Waals surface area contributed by atoms with Crippen LogP contribution in [0.2, 0.25) is 5.02 Å². The molecule has 116 valence electrons. The van der Waals surface area contributed by atoms with Gasteiger partial charge in [0, 0.05) is 19.8 Å². The topological polar surface area (TPSA) is 44.4 Å². The van der Waals surface area contributed by atoms with Gasteiger partial charge in [0.15, 0.2) is 0 Å². The summed E-state index contributed by atoms with van der Waals surface area (Å²) in [7, 11) is 3.89. The molecule has 0 spiro atoms. The summed E-state index contributed by atoms with van der Waals surface area (Å²) in [5.41, 5.74) is 1.28. The van der Waals surface area contributed by atoms with Crippen LogP contribution >= 0.6 is 11.6 Å². The third-order valence-corrected chi connectivity index (χ3v) is 4.35. The maximum absolute atomic E-state index is 12.6. The van der Waals surface area contributed by atoms with Gasteiger partial charge in [-0.2, -0.15) is 0 Å². The number of amides is 1. The van der Waals surface area contributed by atoms with E-state index in [0.29, 0.717) is 5.02 Å². The number of halogens is 1. The molecular formula is C16H24ClN3O. The van der Waals surface area contributed by atoms with Gasteiger partial charge in [-0.05, 0) is 44.0 Å². The fraction of sp³-hybridized carbons (Fsp3) is 0.562. The van der Waals surface area contributed by atoms with Crippen molar-refractivity contribution in [1.82, 2.24) is 5.32 Å². The summed E-state index contributed by atoms with van der Waals surface area (Å²) in [6, 6.07) is 5.63. The van der Waals surface area contributed by atoms with Crippen LogP contribution in [-0.2, 0) is 4.79 Å². The van der Waals surface area contributed by atoms with Crippen LogP contribution in [0.25, 0.3) is 0 Å². The highest BCUT2D eigenvalue weighted by molar-refractivity contribution is 6.33. The Morgan fingerprint density at radius 1 is 1.48 bits per heavy atom. The van der Waals surface area contributed by atoms with Crippen molar-refractivity contribution in [1.29, 1.82) is 0 Å². The summed E-state index contributed by atoms with van der Waals surface area (Å²) in [5.74, 6) is 0.0514. The zero-order valence-electron chi connectivity index (χ0n) is 13.0. The molecule has 1 aliphatic heterocycles. The van der Waals surface area contributed by atoms with Gasteiger partial charge in [0.05, 0.1) is 16.2 Å². The molecule has 0 radical (unpaired) electrons. The first-order valence-electron chi connectivity index (χ1n) is 7.52. The summed E-state index contributed by atoms with van der Waals surface area (Å²) in [6.45, 7) is 3.02. The standard InChI is InChI=1S/C16H24ClN3O/c1-4-8-16(9-5-10-18-16)15(21)19-12-6-7-14(20(2)3)13(17)11-12/h6-7,11,18H,4-5,8-10H2,1-3H3,(H,19,21). The van der Waals surface area contributed by atoms with Crippen molar-refractivity contribution in [2.45, 2.75) is 38.1 Å². The van der Waals surface area contributed by atoms with E-state index in [1.165, 1.54) is 0 Å². The number of benzene rings is 1. The van der Waals surface area contributed by atoms with E-state index in [4.69, 9.17) is 11.6 Å². The van der Waals surface area contributed by atoms with Crippen molar-refractivity contribution in [2.24, 2.45) is 0 Å². The first-order chi connectivity index (χ1) is 9.98. The Hall–Kier alpha value is -1.26. The fourth-order valence-corrected chi connectivity index (χ4v) is 3.30. The van der Waals surface area contributed by atoms with Crippen LogP contribution in [0.5, 0.6) is 0 Å². The number of nitrogens with one attached hydrogen (secondary N) is 2. The molecule has 21 heavy (non-hydrogen) atoms. The van der Waals surface area contributed by atoms with Crippen molar-refractivity contribution in [2.75, 3.05) is 30.9 Å². The molecule has 0 bridgehead atoms. The van der Waals surface area contributed by atoms with Gasteiger partial charge in [0.1, 0.15) is 0 Å². The fourth-order valence-electron chi connectivity index (χ4n) is 2.95. The number of hydrogen-bond acceptors (Lipinski definition) is 3. The molecule has 1 heterocycles. The molecule has 4 nitrogen and oxygen atoms in total. The van der Waals surface area contributed by atoms with E-state index in [1.807, 2.05) is 37.2 Å². The minimum Gasteiger partial charge on any atom is -0.376 e. The smallest absolute Gasteiger partial charge is 0.244 e. The van der Waals surface area contributed by atoms with E-state index < -0.39 is 5.54 Å². The van der Waals surface area contributed by atoms with Crippen LogP contribution in [0.4, 0.5) is 11.4 Å². The van der Waals surface area contributed by atoms with E-state index in [9.17, 15) is 4.79 Å². The van der Waals surface area contributed by atoms with E-state index >= 15 is 0 Å². The third kappa shape index (κ3) is 3.50. The van der Waals surface area contributed by atoms with Crippen molar-refractivity contribution in [3.8, 4) is 0 Å². The zero-order chi connectivity index (χ0) is 15.5. The number of nitrogens with zero attached hydrogens (tertiary/aromatic N) is 1. The minimum atomic E-state index is -0.415. The van der Waals surface area contributed by atoms with Gasteiger partial charge < -0.3 is 15.5 Å². The highest BCUT2D eigenvalue weighted by Gasteiger charge is 2.39. The van der Waals surface area contributed by atoms with Crippen LogP contribution in [0.3, 0.4) is 0 Å². The first-order valence-corrected chi connectivity index (χ1v) is 7.89. The summed E-state index contributed by atoms with van der Waals surface area (Å²) >= 11 is 6.25. The predicted molar refractivity (Wildman–Crippen MR) is 89.3 cm³/mol. The maximum Gasteiger partial charge on any atom is 0.244 e. The third-order valence-electron chi connectivity index (χ3n) is 4.04. The molecule has 1 atom stereocenters. The van der Waals surface area contributed by atoms with Gasteiger partial charge >= 0.3 is 0 Å². The molecule has 2 rings (SSSR count). The Bertz CT molecular complexity index is 510. The lowest BCUT2D eigenvalue weighted by atomic mass is 9.91. The Labute approximate surface area is 131 Å². The average Bonchev–Trinajstić information content (AvgIpc) is 2.88. The maximum atomic E-state index is 12.6. The zero-order valence-corrected chi connectivity index (χ0v) is 13.8. The van der Waals surface area contributed by atoms with Crippen molar-refractivity contribution in [3.63, 3.8) is 0 Å². The normalized spacial score (nSPS) is 21.3. The van der Waals surface area contributed by atoms with Crippen LogP contribution in [-0.4, -0.2) is 32.1 Å². The molecule has 1 aromatic carbocycles. The molecule has 0 saturated carbocycles. The number of rotatable bonds is 5. The molecule has 1 amide bonds. The van der Waals surface area contributed by atoms with Crippen molar-refractivity contribution < 1.29 is 4.79 Å². The number of carbonyl (C=O) groups is 1. The summed E-state index contributed by atoms with van der Waals surface area (Å²) < 4.78 is 0. The van der Waals surface area contributed by atoms with Gasteiger partial charge in [-0.25, -0.2) is 0 Å². The van der Waals surface area contributed by atoms with Crippen LogP contribution < -0.4 is 15.5 Å². The lowest BCUT2D eigenvalue weighted by molar-refractivity contribution is -0.122. The Balaban J connectivity index is 2.13. The van der Waals surface area contributed by atoms with Gasteiger partial charge in [0.25, 0.3) is 0 Å². The molecule has 0 aliphatic carbocycles. The molecular weight excluding hydrogens is 286 g/mol. The highest BCUT2D eigenvalue weighted by atomic mass is 35.5. The number of hydrogen-bond donors (Lipinski definition) is 2. The lowest BCUT2D eigenvalue weighted by Crippen LogP contribution is -2.50. The quantitative estimate of drug-likeness (QED) is 0.877. The largest absolute Gasteiger partial charge is 0.376 e. The summed E-state index contributed by atoms with van der Waals surface area (Å²) in [5, 5.41) is 7.03. The SMILES string of the molecule is CCCC1(C(=O)Nc2ccc(N(C)C)c(Cl)c2)CCCN1. The number of anilines is 2. The van der Waals surface area contributed by atoms with Crippen LogP contribution in [0, 0.1) is 0 Å². The van der Waals surface area contributed by atoms with Gasteiger partial charge in [-0.3, -0.25) is 4.79 Å². The van der Waals surface area contributed by atoms with Crippen molar-refractivity contribution >= 4 is 28.9 Å². The van der Waals surface area contributed by atoms with Crippen molar-refractivity contribution in [3.05, 3.63) is 23.2 Å². The Morgan fingerprint density at radius 2 is 2.24 bits per heavy atom. The molecule has 0 aromatic heterocycles. The van der Waals surface area contributed by atoms with Crippen LogP contribution in [0.15, 0.2) is 18.2 Å². The lowest BCUT2D eigenvalue weighted by Gasteiger charge is -2.28. The molecule has 1 fully saturated rings. The van der Waals surface area contributed by atoms with E-state index in [2.05, 4.69) is 17.6 Å². The van der Waals surface area contributed by atoms with E-state index in [1.54, 1.807) is 0 Å². The second-order valence-corrected chi connectivity index (χ2v) is 6.28. The monoisotopic (exact) mass is 309 g/mol. The van der Waals surface area contributed by atoms with Gasteiger partial charge in [-0.15, -0.1) is 0 Å². The predicted octanol–water partition coefficient (Wildman–Crippen LogP) is 3.27. The van der Waals surface area contributed by atoms with E-state index in [-0.39, 0.29) is 5.91 Å². The minimum absolute atomic E-state index is 0.0514. The Kier molecular flexibility index (Phi) is 5.12. The molecule has 1 aromatic rings. The molecule has 1 unspecified atom stereocenters. The number of carbonyl (C=O) groups excluding carboxylic acids is 1. The van der Waals surface area contributed by atoms with Gasteiger partial charge in [0.2, 0.25) is 5.91 Å². The van der Waals surface area contributed by atoms with Crippen LogP contribution in [0.1, 0.15) is 32.6 Å². The molecule has 1 saturated heterocycles.